The number of unbranched alkanes of at least 4 members (excludes halogenated alkanes) is 6. The minimum Gasteiger partial charge on any atom is -0.427 e. The molecule has 0 amide bonds. The first-order valence-corrected chi connectivity index (χ1v) is 13.6. The van der Waals surface area contributed by atoms with Crippen LogP contribution in [0.15, 0.2) is 36.4 Å². The zero-order valence-corrected chi connectivity index (χ0v) is 21.9. The minimum absolute atomic E-state index is 0.199. The number of carbonyl (C=O) groups excluding carboxylic acids is 4. The molecule has 6 nitrogen and oxygen atoms in total. The molecule has 0 unspecified atom stereocenters. The third kappa shape index (κ3) is 5.84. The van der Waals surface area contributed by atoms with Gasteiger partial charge in [0.15, 0.2) is 11.6 Å². The second-order valence-electron chi connectivity index (χ2n) is 10.3. The molecule has 2 aliphatic carbocycles. The van der Waals surface area contributed by atoms with Crippen molar-refractivity contribution in [3.8, 4) is 11.5 Å². The second kappa shape index (κ2) is 11.8. The SMILES string of the molecule is CCCCCCC(=O)Oc1ccc2c(c1)CC1(Cc3cc(OC(=O)CCCCCC)ccc3C1=O)C2=O. The van der Waals surface area contributed by atoms with Crippen LogP contribution in [0.5, 0.6) is 11.5 Å². The highest BCUT2D eigenvalue weighted by atomic mass is 16.5. The predicted molar refractivity (Wildman–Crippen MR) is 140 cm³/mol. The molecule has 0 saturated heterocycles. The van der Waals surface area contributed by atoms with E-state index >= 15 is 0 Å². The van der Waals surface area contributed by atoms with Crippen molar-refractivity contribution in [1.82, 2.24) is 0 Å². The molecule has 0 radical (unpaired) electrons. The Morgan fingerprint density at radius 1 is 0.676 bits per heavy atom. The van der Waals surface area contributed by atoms with E-state index in [1.165, 1.54) is 0 Å². The third-order valence-electron chi connectivity index (χ3n) is 7.43. The first kappa shape index (κ1) is 26.8. The highest BCUT2D eigenvalue weighted by Crippen LogP contribution is 2.48. The molecule has 0 N–H and O–H groups in total. The summed E-state index contributed by atoms with van der Waals surface area (Å²) < 4.78 is 11.0. The van der Waals surface area contributed by atoms with Crippen LogP contribution in [0.1, 0.15) is 110 Å². The molecule has 2 aromatic carbocycles. The van der Waals surface area contributed by atoms with Gasteiger partial charge in [-0.15, -0.1) is 0 Å². The second-order valence-corrected chi connectivity index (χ2v) is 10.3. The van der Waals surface area contributed by atoms with Crippen LogP contribution in [-0.2, 0) is 22.4 Å². The fourth-order valence-electron chi connectivity index (χ4n) is 5.41. The fourth-order valence-corrected chi connectivity index (χ4v) is 5.41. The van der Waals surface area contributed by atoms with Gasteiger partial charge in [-0.2, -0.15) is 0 Å². The lowest BCUT2D eigenvalue weighted by Gasteiger charge is -2.18. The Kier molecular flexibility index (Phi) is 8.57. The van der Waals surface area contributed by atoms with Gasteiger partial charge in [0, 0.05) is 24.0 Å². The fraction of sp³-hybridized carbons (Fsp3) is 0.484. The van der Waals surface area contributed by atoms with Crippen molar-refractivity contribution < 1.29 is 28.7 Å². The van der Waals surface area contributed by atoms with Gasteiger partial charge in [-0.1, -0.05) is 52.4 Å². The van der Waals surface area contributed by atoms with Crippen LogP contribution in [0.25, 0.3) is 0 Å². The van der Waals surface area contributed by atoms with Crippen molar-refractivity contribution in [3.05, 3.63) is 58.7 Å². The van der Waals surface area contributed by atoms with Crippen LogP contribution in [0.2, 0.25) is 0 Å². The number of carbonyl (C=O) groups is 4. The van der Waals surface area contributed by atoms with Crippen molar-refractivity contribution in [2.24, 2.45) is 5.41 Å². The van der Waals surface area contributed by atoms with Gasteiger partial charge in [-0.3, -0.25) is 19.2 Å². The number of esters is 2. The minimum atomic E-state index is -1.18. The van der Waals surface area contributed by atoms with E-state index in [-0.39, 0.29) is 36.3 Å². The maximum absolute atomic E-state index is 13.5. The number of benzene rings is 2. The molecule has 0 saturated carbocycles. The molecule has 2 aliphatic rings. The molecule has 0 heterocycles. The van der Waals surface area contributed by atoms with E-state index in [1.807, 2.05) is 0 Å². The quantitative estimate of drug-likeness (QED) is 0.140. The number of ketones is 2. The third-order valence-corrected chi connectivity index (χ3v) is 7.43. The Morgan fingerprint density at radius 3 is 1.51 bits per heavy atom. The largest absolute Gasteiger partial charge is 0.427 e. The van der Waals surface area contributed by atoms with Crippen molar-refractivity contribution in [2.45, 2.75) is 90.9 Å². The van der Waals surface area contributed by atoms with Gasteiger partial charge in [-0.05, 0) is 73.2 Å². The summed E-state index contributed by atoms with van der Waals surface area (Å²) in [5, 5.41) is 0. The van der Waals surface area contributed by atoms with Crippen molar-refractivity contribution in [1.29, 1.82) is 0 Å². The van der Waals surface area contributed by atoms with Gasteiger partial charge in [0.2, 0.25) is 0 Å². The van der Waals surface area contributed by atoms with Gasteiger partial charge < -0.3 is 9.47 Å². The first-order valence-electron chi connectivity index (χ1n) is 13.6. The molecule has 4 rings (SSSR count). The van der Waals surface area contributed by atoms with Crippen molar-refractivity contribution in [2.75, 3.05) is 0 Å². The molecule has 37 heavy (non-hydrogen) atoms. The average Bonchev–Trinajstić information content (AvgIpc) is 3.31. The number of fused-ring (bicyclic) bond motifs is 2. The summed E-state index contributed by atoms with van der Waals surface area (Å²) in [5.41, 5.74) is 1.27. The molecule has 196 valence electrons. The summed E-state index contributed by atoms with van der Waals surface area (Å²) in [6.45, 7) is 4.24. The topological polar surface area (TPSA) is 86.7 Å². The summed E-state index contributed by atoms with van der Waals surface area (Å²) in [5.74, 6) is -0.162. The lowest BCUT2D eigenvalue weighted by Crippen LogP contribution is -2.34. The number of Topliss-reactive ketones (excluding diaryl/α,β-unsaturated/α-hetero) is 2. The summed E-state index contributed by atoms with van der Waals surface area (Å²) in [4.78, 5) is 51.3. The van der Waals surface area contributed by atoms with E-state index in [0.717, 1.165) is 62.5 Å². The predicted octanol–water partition coefficient (Wildman–Crippen LogP) is 6.60. The van der Waals surface area contributed by atoms with Crippen molar-refractivity contribution >= 4 is 23.5 Å². The molecular formula is C31H36O6. The van der Waals surface area contributed by atoms with Gasteiger partial charge in [0.05, 0.1) is 0 Å². The summed E-state index contributed by atoms with van der Waals surface area (Å²) >= 11 is 0. The number of hydrogen-bond acceptors (Lipinski definition) is 6. The Labute approximate surface area is 218 Å². The lowest BCUT2D eigenvalue weighted by molar-refractivity contribution is -0.135. The summed E-state index contributed by atoms with van der Waals surface area (Å²) in [6.07, 6.45) is 9.22. The van der Waals surface area contributed by atoms with Crippen LogP contribution < -0.4 is 9.47 Å². The van der Waals surface area contributed by atoms with Gasteiger partial charge in [0.25, 0.3) is 0 Å². The first-order chi connectivity index (χ1) is 17.9. The van der Waals surface area contributed by atoms with E-state index in [9.17, 15) is 19.2 Å². The maximum atomic E-state index is 13.5. The monoisotopic (exact) mass is 504 g/mol. The van der Waals surface area contributed by atoms with Crippen LogP contribution >= 0.6 is 0 Å². The number of hydrogen-bond donors (Lipinski definition) is 0. The molecule has 6 heteroatoms. The smallest absolute Gasteiger partial charge is 0.311 e. The Bertz CT molecular complexity index is 1100. The van der Waals surface area contributed by atoms with Crippen LogP contribution in [-0.4, -0.2) is 23.5 Å². The van der Waals surface area contributed by atoms with E-state index < -0.39 is 5.41 Å². The van der Waals surface area contributed by atoms with Gasteiger partial charge >= 0.3 is 11.9 Å². The normalized spacial score (nSPS) is 15.1. The zero-order valence-electron chi connectivity index (χ0n) is 21.9. The molecule has 0 fully saturated rings. The lowest BCUT2D eigenvalue weighted by atomic mass is 9.80. The van der Waals surface area contributed by atoms with Gasteiger partial charge in [-0.25, -0.2) is 0 Å². The number of rotatable bonds is 12. The van der Waals surface area contributed by atoms with Crippen LogP contribution in [0, 0.1) is 5.41 Å². The van der Waals surface area contributed by atoms with E-state index in [2.05, 4.69) is 13.8 Å². The standard InChI is InChI=1S/C31H36O6/c1-3-5-7-9-11-27(32)36-23-13-15-25-21(17-23)19-31(29(25)34)20-22-18-24(14-16-26(22)30(31)35)37-28(33)12-10-8-6-4-2/h13-18H,3-12,19-20H2,1-2H3. The molecule has 0 aliphatic heterocycles. The molecule has 0 atom stereocenters. The summed E-state index contributed by atoms with van der Waals surface area (Å²) in [6, 6.07) is 10.0. The molecule has 0 aromatic heterocycles. The average molecular weight is 505 g/mol. The Morgan fingerprint density at radius 2 is 1.11 bits per heavy atom. The van der Waals surface area contributed by atoms with E-state index in [1.54, 1.807) is 36.4 Å². The van der Waals surface area contributed by atoms with E-state index in [4.69, 9.17) is 9.47 Å². The maximum Gasteiger partial charge on any atom is 0.311 e. The van der Waals surface area contributed by atoms with Crippen molar-refractivity contribution in [3.63, 3.8) is 0 Å². The molecule has 0 bridgehead atoms. The zero-order chi connectivity index (χ0) is 26.4. The number of ether oxygens (including phenoxy) is 2. The van der Waals surface area contributed by atoms with Crippen LogP contribution in [0.3, 0.4) is 0 Å². The molecular weight excluding hydrogens is 468 g/mol. The Hall–Kier alpha value is -3.28. The highest BCUT2D eigenvalue weighted by Gasteiger charge is 2.55. The molecule has 1 spiro atoms. The Balaban J connectivity index is 1.42. The van der Waals surface area contributed by atoms with E-state index in [0.29, 0.717) is 35.5 Å². The summed E-state index contributed by atoms with van der Waals surface area (Å²) in [7, 11) is 0. The van der Waals surface area contributed by atoms with Gasteiger partial charge in [0.1, 0.15) is 16.9 Å². The van der Waals surface area contributed by atoms with Crippen LogP contribution in [0.4, 0.5) is 0 Å². The molecule has 2 aromatic rings. The highest BCUT2D eigenvalue weighted by molar-refractivity contribution is 6.24.